The summed E-state index contributed by atoms with van der Waals surface area (Å²) in [6.45, 7) is 4.36. The number of amides is 1. The average Bonchev–Trinajstić information content (AvgIpc) is 3.34. The SMILES string of the molecule is O=C(c1ccc(-c2ccc(F)cc2)o1)N1CC[NH+](Cc2cccs2)CC1. The molecule has 1 N–H and O–H groups in total. The van der Waals surface area contributed by atoms with E-state index in [1.165, 1.54) is 21.9 Å². The number of carbonyl (C=O) groups is 1. The van der Waals surface area contributed by atoms with Gasteiger partial charge in [-0.1, -0.05) is 6.07 Å². The molecule has 0 saturated carbocycles. The molecule has 4 nitrogen and oxygen atoms in total. The van der Waals surface area contributed by atoms with E-state index in [9.17, 15) is 9.18 Å². The molecule has 134 valence electrons. The largest absolute Gasteiger partial charge is 0.451 e. The summed E-state index contributed by atoms with van der Waals surface area (Å²) in [6, 6.07) is 13.8. The van der Waals surface area contributed by atoms with Gasteiger partial charge in [-0.3, -0.25) is 4.79 Å². The maximum atomic E-state index is 13.0. The minimum Gasteiger partial charge on any atom is -0.451 e. The number of piperazine rings is 1. The molecule has 3 heterocycles. The van der Waals surface area contributed by atoms with Crippen molar-refractivity contribution in [2.45, 2.75) is 6.54 Å². The van der Waals surface area contributed by atoms with Gasteiger partial charge in [0.15, 0.2) is 5.76 Å². The summed E-state index contributed by atoms with van der Waals surface area (Å²) in [5.41, 5.74) is 0.760. The Balaban J connectivity index is 1.37. The highest BCUT2D eigenvalue weighted by Gasteiger charge is 2.26. The summed E-state index contributed by atoms with van der Waals surface area (Å²) in [5, 5.41) is 2.10. The summed E-state index contributed by atoms with van der Waals surface area (Å²) >= 11 is 1.78. The van der Waals surface area contributed by atoms with Crippen molar-refractivity contribution < 1.29 is 18.5 Å². The van der Waals surface area contributed by atoms with Crippen LogP contribution >= 0.6 is 11.3 Å². The molecule has 6 heteroatoms. The number of halogens is 1. The van der Waals surface area contributed by atoms with Crippen LogP contribution in [0.5, 0.6) is 0 Å². The van der Waals surface area contributed by atoms with E-state index in [2.05, 4.69) is 17.5 Å². The molecular formula is C20H20FN2O2S+. The lowest BCUT2D eigenvalue weighted by Gasteiger charge is -2.31. The molecule has 26 heavy (non-hydrogen) atoms. The van der Waals surface area contributed by atoms with Gasteiger partial charge in [-0.05, 0) is 47.8 Å². The molecule has 0 bridgehead atoms. The molecule has 1 saturated heterocycles. The van der Waals surface area contributed by atoms with E-state index in [1.807, 2.05) is 4.90 Å². The van der Waals surface area contributed by atoms with E-state index < -0.39 is 0 Å². The van der Waals surface area contributed by atoms with Crippen molar-refractivity contribution in [3.8, 4) is 11.3 Å². The summed E-state index contributed by atoms with van der Waals surface area (Å²) in [7, 11) is 0. The second kappa shape index (κ2) is 7.43. The summed E-state index contributed by atoms with van der Waals surface area (Å²) < 4.78 is 18.8. The third-order valence-corrected chi connectivity index (χ3v) is 5.58. The number of nitrogens with zero attached hydrogens (tertiary/aromatic N) is 1. The molecule has 1 aliphatic heterocycles. The van der Waals surface area contributed by atoms with E-state index in [0.29, 0.717) is 11.5 Å². The van der Waals surface area contributed by atoms with Gasteiger partial charge >= 0.3 is 0 Å². The molecule has 0 aliphatic carbocycles. The van der Waals surface area contributed by atoms with Gasteiger partial charge in [-0.2, -0.15) is 0 Å². The van der Waals surface area contributed by atoms with Gasteiger partial charge in [0.2, 0.25) is 0 Å². The van der Waals surface area contributed by atoms with Gasteiger partial charge in [-0.15, -0.1) is 11.3 Å². The zero-order valence-corrected chi connectivity index (χ0v) is 15.1. The Morgan fingerprint density at radius 3 is 2.58 bits per heavy atom. The number of benzene rings is 1. The Bertz CT molecular complexity index is 866. The Hall–Kier alpha value is -2.44. The summed E-state index contributed by atoms with van der Waals surface area (Å²) in [5.74, 6) is 0.550. The third-order valence-electron chi connectivity index (χ3n) is 4.71. The average molecular weight is 371 g/mol. The number of nitrogens with one attached hydrogen (secondary N) is 1. The van der Waals surface area contributed by atoms with Crippen molar-refractivity contribution in [1.82, 2.24) is 4.90 Å². The first-order chi connectivity index (χ1) is 12.7. The summed E-state index contributed by atoms with van der Waals surface area (Å²) in [6.07, 6.45) is 0. The van der Waals surface area contributed by atoms with Crippen LogP contribution < -0.4 is 4.90 Å². The van der Waals surface area contributed by atoms with Gasteiger partial charge in [0.1, 0.15) is 18.1 Å². The molecule has 0 radical (unpaired) electrons. The predicted octanol–water partition coefficient (Wildman–Crippen LogP) is 2.69. The number of hydrogen-bond acceptors (Lipinski definition) is 3. The van der Waals surface area contributed by atoms with E-state index in [4.69, 9.17) is 4.42 Å². The van der Waals surface area contributed by atoms with Crippen molar-refractivity contribution in [2.24, 2.45) is 0 Å². The highest BCUT2D eigenvalue weighted by atomic mass is 32.1. The molecule has 0 unspecified atom stereocenters. The second-order valence-corrected chi connectivity index (χ2v) is 7.50. The molecule has 0 spiro atoms. The number of hydrogen-bond donors (Lipinski definition) is 1. The standard InChI is InChI=1S/C20H19FN2O2S/c21-16-5-3-15(4-6-16)18-7-8-19(25-18)20(24)23-11-9-22(10-12-23)14-17-2-1-13-26-17/h1-8,13H,9-12,14H2/p+1. The maximum absolute atomic E-state index is 13.0. The van der Waals surface area contributed by atoms with Crippen LogP contribution in [0.3, 0.4) is 0 Å². The number of carbonyl (C=O) groups excluding carboxylic acids is 1. The van der Waals surface area contributed by atoms with Crippen LogP contribution in [0.2, 0.25) is 0 Å². The van der Waals surface area contributed by atoms with Gasteiger partial charge < -0.3 is 14.2 Å². The fourth-order valence-electron chi connectivity index (χ4n) is 3.24. The van der Waals surface area contributed by atoms with Crippen LogP contribution in [-0.2, 0) is 6.54 Å². The topological polar surface area (TPSA) is 37.9 Å². The first-order valence-corrected chi connectivity index (χ1v) is 9.58. The minimum atomic E-state index is -0.292. The Morgan fingerprint density at radius 2 is 1.88 bits per heavy atom. The van der Waals surface area contributed by atoms with E-state index in [1.54, 1.807) is 35.6 Å². The number of rotatable bonds is 4. The molecule has 3 aromatic rings. The first kappa shape index (κ1) is 17.0. The van der Waals surface area contributed by atoms with E-state index >= 15 is 0 Å². The predicted molar refractivity (Wildman–Crippen MR) is 98.7 cm³/mol. The lowest BCUT2D eigenvalue weighted by atomic mass is 10.2. The maximum Gasteiger partial charge on any atom is 0.289 e. The second-order valence-electron chi connectivity index (χ2n) is 6.47. The highest BCUT2D eigenvalue weighted by molar-refractivity contribution is 7.09. The fraction of sp³-hybridized carbons (Fsp3) is 0.250. The highest BCUT2D eigenvalue weighted by Crippen LogP contribution is 2.23. The van der Waals surface area contributed by atoms with Crippen LogP contribution in [0.25, 0.3) is 11.3 Å². The summed E-state index contributed by atoms with van der Waals surface area (Å²) in [4.78, 5) is 17.4. The van der Waals surface area contributed by atoms with Gasteiger partial charge in [0, 0.05) is 5.56 Å². The first-order valence-electron chi connectivity index (χ1n) is 8.70. The molecule has 1 aliphatic rings. The van der Waals surface area contributed by atoms with Crippen molar-refractivity contribution >= 4 is 17.2 Å². The lowest BCUT2D eigenvalue weighted by Crippen LogP contribution is -3.13. The number of thiophene rings is 1. The van der Waals surface area contributed by atoms with Crippen LogP contribution in [0, 0.1) is 5.82 Å². The fourth-order valence-corrected chi connectivity index (χ4v) is 4.02. The van der Waals surface area contributed by atoms with Gasteiger partial charge in [-0.25, -0.2) is 4.39 Å². The lowest BCUT2D eigenvalue weighted by molar-refractivity contribution is -0.917. The smallest absolute Gasteiger partial charge is 0.289 e. The number of quaternary nitrogens is 1. The van der Waals surface area contributed by atoms with Crippen molar-refractivity contribution in [1.29, 1.82) is 0 Å². The molecule has 1 amide bonds. The molecule has 2 aromatic heterocycles. The van der Waals surface area contributed by atoms with Crippen LogP contribution in [0.1, 0.15) is 15.4 Å². The Morgan fingerprint density at radius 1 is 1.12 bits per heavy atom. The van der Waals surface area contributed by atoms with Crippen molar-refractivity contribution in [3.05, 3.63) is 70.4 Å². The molecular weight excluding hydrogens is 351 g/mol. The molecule has 1 fully saturated rings. The van der Waals surface area contributed by atoms with Gasteiger partial charge in [0.05, 0.1) is 31.1 Å². The van der Waals surface area contributed by atoms with E-state index in [0.717, 1.165) is 38.3 Å². The normalized spacial score (nSPS) is 15.3. The van der Waals surface area contributed by atoms with E-state index in [-0.39, 0.29) is 11.7 Å². The molecule has 0 atom stereocenters. The Labute approximate surface area is 155 Å². The van der Waals surface area contributed by atoms with Crippen molar-refractivity contribution in [3.63, 3.8) is 0 Å². The zero-order chi connectivity index (χ0) is 17.9. The quantitative estimate of drug-likeness (QED) is 0.766. The molecule has 1 aromatic carbocycles. The van der Waals surface area contributed by atoms with Crippen LogP contribution in [-0.4, -0.2) is 37.0 Å². The third kappa shape index (κ3) is 3.71. The van der Waals surface area contributed by atoms with Crippen LogP contribution in [0.15, 0.2) is 58.3 Å². The van der Waals surface area contributed by atoms with Crippen molar-refractivity contribution in [2.75, 3.05) is 26.2 Å². The monoisotopic (exact) mass is 371 g/mol. The molecule has 4 rings (SSSR count). The van der Waals surface area contributed by atoms with Gasteiger partial charge in [0.25, 0.3) is 5.91 Å². The number of furan rings is 1. The minimum absolute atomic E-state index is 0.0754. The Kier molecular flexibility index (Phi) is 4.86. The zero-order valence-electron chi connectivity index (χ0n) is 14.3. The van der Waals surface area contributed by atoms with Crippen LogP contribution in [0.4, 0.5) is 4.39 Å².